The van der Waals surface area contributed by atoms with Gasteiger partial charge in [0, 0.05) is 7.11 Å². The van der Waals surface area contributed by atoms with Crippen molar-refractivity contribution in [2.75, 3.05) is 13.9 Å². The molecule has 1 aromatic carbocycles. The Bertz CT molecular complexity index is 455. The van der Waals surface area contributed by atoms with E-state index in [9.17, 15) is 8.42 Å². The van der Waals surface area contributed by atoms with Crippen LogP contribution in [0.4, 0.5) is 0 Å². The predicted octanol–water partition coefficient (Wildman–Crippen LogP) is 1.29. The van der Waals surface area contributed by atoms with Gasteiger partial charge in [-0.3, -0.25) is 4.84 Å². The molecule has 0 radical (unpaired) electrons. The molecule has 0 unspecified atom stereocenters. The van der Waals surface area contributed by atoms with Crippen LogP contribution in [0.25, 0.3) is 0 Å². The fourth-order valence-corrected chi connectivity index (χ4v) is 1.97. The third-order valence-electron chi connectivity index (χ3n) is 1.85. The first-order chi connectivity index (χ1) is 8.45. The van der Waals surface area contributed by atoms with E-state index in [1.807, 2.05) is 18.7 Å². The summed E-state index contributed by atoms with van der Waals surface area (Å²) < 4.78 is 33.4. The summed E-state index contributed by atoms with van der Waals surface area (Å²) in [6.07, 6.45) is 0.0376. The molecule has 1 rings (SSSR count). The zero-order valence-corrected chi connectivity index (χ0v) is 11.4. The van der Waals surface area contributed by atoms with Crippen LogP contribution in [0, 0.1) is 0 Å². The molecule has 6 nitrogen and oxygen atoms in total. The average molecular weight is 275 g/mol. The highest BCUT2D eigenvalue weighted by Gasteiger charge is 2.14. The van der Waals surface area contributed by atoms with Crippen molar-refractivity contribution in [3.05, 3.63) is 24.3 Å². The average Bonchev–Trinajstić information content (AvgIpc) is 2.29. The lowest BCUT2D eigenvalue weighted by Crippen LogP contribution is -2.25. The van der Waals surface area contributed by atoms with Gasteiger partial charge in [-0.1, -0.05) is 4.89 Å². The van der Waals surface area contributed by atoms with Gasteiger partial charge in [0.2, 0.25) is 0 Å². The zero-order valence-electron chi connectivity index (χ0n) is 10.5. The Morgan fingerprint density at radius 2 is 1.83 bits per heavy atom. The molecule has 0 heterocycles. The molecule has 0 aromatic heterocycles. The summed E-state index contributed by atoms with van der Waals surface area (Å²) in [4.78, 5) is 6.64. The van der Waals surface area contributed by atoms with Crippen molar-refractivity contribution in [1.82, 2.24) is 4.89 Å². The molecular weight excluding hydrogens is 258 g/mol. The smallest absolute Gasteiger partial charge is 0.262 e. The van der Waals surface area contributed by atoms with E-state index >= 15 is 0 Å². The van der Waals surface area contributed by atoms with Gasteiger partial charge < -0.3 is 9.47 Å². The molecular formula is C11H17NO5S. The molecule has 0 spiro atoms. The minimum Gasteiger partial charge on any atom is -0.491 e. The first-order valence-corrected chi connectivity index (χ1v) is 6.83. The first kappa shape index (κ1) is 14.9. The van der Waals surface area contributed by atoms with E-state index in [0.29, 0.717) is 5.75 Å². The topological polar surface area (TPSA) is 73.9 Å². The van der Waals surface area contributed by atoms with Crippen molar-refractivity contribution in [3.8, 4) is 5.75 Å². The van der Waals surface area contributed by atoms with Gasteiger partial charge in [0.15, 0.2) is 6.79 Å². The monoisotopic (exact) mass is 275 g/mol. The van der Waals surface area contributed by atoms with Crippen LogP contribution in [0.15, 0.2) is 29.2 Å². The molecule has 0 bridgehead atoms. The number of hydrogen-bond acceptors (Lipinski definition) is 5. The van der Waals surface area contributed by atoms with Crippen LogP contribution in [0.3, 0.4) is 0 Å². The van der Waals surface area contributed by atoms with Crippen LogP contribution in [-0.2, 0) is 19.6 Å². The number of methoxy groups -OCH3 is 1. The second-order valence-corrected chi connectivity index (χ2v) is 5.42. The Hall–Kier alpha value is -1.15. The molecule has 0 aliphatic carbocycles. The minimum absolute atomic E-state index is 0.0376. The third-order valence-corrected chi connectivity index (χ3v) is 3.08. The van der Waals surface area contributed by atoms with Gasteiger partial charge in [-0.15, -0.1) is 0 Å². The summed E-state index contributed by atoms with van der Waals surface area (Å²) in [5, 5.41) is 0. The quantitative estimate of drug-likeness (QED) is 0.461. The molecule has 0 amide bonds. The highest BCUT2D eigenvalue weighted by Crippen LogP contribution is 2.16. The van der Waals surface area contributed by atoms with Gasteiger partial charge in [0.25, 0.3) is 10.0 Å². The van der Waals surface area contributed by atoms with E-state index in [4.69, 9.17) is 4.74 Å². The Kier molecular flexibility index (Phi) is 5.54. The highest BCUT2D eigenvalue weighted by atomic mass is 32.2. The lowest BCUT2D eigenvalue weighted by atomic mass is 10.3. The molecule has 0 fully saturated rings. The molecule has 0 aliphatic heterocycles. The molecule has 18 heavy (non-hydrogen) atoms. The highest BCUT2D eigenvalue weighted by molar-refractivity contribution is 7.89. The third kappa shape index (κ3) is 4.61. The van der Waals surface area contributed by atoms with Gasteiger partial charge >= 0.3 is 0 Å². The van der Waals surface area contributed by atoms with E-state index in [2.05, 4.69) is 9.57 Å². The van der Waals surface area contributed by atoms with E-state index in [-0.39, 0.29) is 17.8 Å². The summed E-state index contributed by atoms with van der Waals surface area (Å²) in [5.41, 5.74) is 0. The number of benzene rings is 1. The molecule has 0 atom stereocenters. The lowest BCUT2D eigenvalue weighted by molar-refractivity contribution is -0.0540. The van der Waals surface area contributed by atoms with Crippen molar-refractivity contribution in [2.24, 2.45) is 0 Å². The van der Waals surface area contributed by atoms with Crippen LogP contribution >= 0.6 is 0 Å². The summed E-state index contributed by atoms with van der Waals surface area (Å²) >= 11 is 0. The standard InChI is InChI=1S/C11H17NO5S/c1-9(2)17-10-4-6-11(7-5-10)18(13,14)12-16-8-15-3/h4-7,9,12H,8H2,1-3H3. The van der Waals surface area contributed by atoms with Crippen LogP contribution in [0.2, 0.25) is 0 Å². The van der Waals surface area contributed by atoms with Crippen LogP contribution in [-0.4, -0.2) is 28.4 Å². The largest absolute Gasteiger partial charge is 0.491 e. The van der Waals surface area contributed by atoms with Crippen molar-refractivity contribution < 1.29 is 22.7 Å². The minimum atomic E-state index is -3.69. The Morgan fingerprint density at radius 1 is 1.22 bits per heavy atom. The van der Waals surface area contributed by atoms with Crippen molar-refractivity contribution in [2.45, 2.75) is 24.8 Å². The van der Waals surface area contributed by atoms with Crippen molar-refractivity contribution >= 4 is 10.0 Å². The maximum absolute atomic E-state index is 11.7. The SMILES string of the molecule is COCONS(=O)(=O)c1ccc(OC(C)C)cc1. The maximum atomic E-state index is 11.7. The Labute approximate surface area is 107 Å². The van der Waals surface area contributed by atoms with Crippen LogP contribution in [0.1, 0.15) is 13.8 Å². The van der Waals surface area contributed by atoms with E-state index in [0.717, 1.165) is 0 Å². The number of ether oxygens (including phenoxy) is 2. The fourth-order valence-electron chi connectivity index (χ4n) is 1.18. The number of hydrogen-bond donors (Lipinski definition) is 1. The Balaban J connectivity index is 2.71. The van der Waals surface area contributed by atoms with Gasteiger partial charge in [0.1, 0.15) is 5.75 Å². The number of sulfonamides is 1. The van der Waals surface area contributed by atoms with Gasteiger partial charge in [0.05, 0.1) is 11.0 Å². The number of nitrogens with one attached hydrogen (secondary N) is 1. The second kappa shape index (κ2) is 6.69. The molecule has 0 aliphatic rings. The fraction of sp³-hybridized carbons (Fsp3) is 0.455. The predicted molar refractivity (Wildman–Crippen MR) is 65.5 cm³/mol. The first-order valence-electron chi connectivity index (χ1n) is 5.35. The molecule has 102 valence electrons. The summed E-state index contributed by atoms with van der Waals surface area (Å²) in [7, 11) is -2.29. The summed E-state index contributed by atoms with van der Waals surface area (Å²) in [5.74, 6) is 0.613. The van der Waals surface area contributed by atoms with Gasteiger partial charge in [-0.2, -0.15) is 0 Å². The molecule has 0 saturated heterocycles. The van der Waals surface area contributed by atoms with E-state index in [1.165, 1.54) is 19.2 Å². The zero-order chi connectivity index (χ0) is 13.6. The normalized spacial score (nSPS) is 11.8. The van der Waals surface area contributed by atoms with Crippen LogP contribution < -0.4 is 9.62 Å². The van der Waals surface area contributed by atoms with Gasteiger partial charge in [-0.05, 0) is 38.1 Å². The van der Waals surface area contributed by atoms with Gasteiger partial charge in [-0.25, -0.2) is 8.42 Å². The summed E-state index contributed by atoms with van der Waals surface area (Å²) in [6.45, 7) is 3.63. The molecule has 7 heteroatoms. The second-order valence-electron chi connectivity index (χ2n) is 3.78. The van der Waals surface area contributed by atoms with Crippen LogP contribution in [0.5, 0.6) is 5.75 Å². The van der Waals surface area contributed by atoms with E-state index < -0.39 is 10.0 Å². The molecule has 1 N–H and O–H groups in total. The van der Waals surface area contributed by atoms with Crippen molar-refractivity contribution in [3.63, 3.8) is 0 Å². The van der Waals surface area contributed by atoms with Crippen molar-refractivity contribution in [1.29, 1.82) is 0 Å². The summed E-state index contributed by atoms with van der Waals surface area (Å²) in [6, 6.07) is 6.06. The maximum Gasteiger partial charge on any atom is 0.262 e. The van der Waals surface area contributed by atoms with E-state index in [1.54, 1.807) is 12.1 Å². The Morgan fingerprint density at radius 3 is 2.33 bits per heavy atom. The molecule has 0 saturated carbocycles. The lowest BCUT2D eigenvalue weighted by Gasteiger charge is -2.10. The molecule has 1 aromatic rings. The number of rotatable bonds is 7.